The van der Waals surface area contributed by atoms with E-state index in [1.807, 2.05) is 6.92 Å². The van der Waals surface area contributed by atoms with Gasteiger partial charge in [0.25, 0.3) is 0 Å². The molecule has 0 heterocycles. The lowest BCUT2D eigenvalue weighted by Gasteiger charge is -2.18. The SMILES string of the molecule is CCOc1ccc([Si-](C)C)cc1. The smallest absolute Gasteiger partial charge is 0.119 e. The van der Waals surface area contributed by atoms with Gasteiger partial charge in [0.15, 0.2) is 0 Å². The van der Waals surface area contributed by atoms with E-state index in [9.17, 15) is 0 Å². The minimum atomic E-state index is -0.299. The number of hydrogen-bond acceptors (Lipinski definition) is 1. The van der Waals surface area contributed by atoms with Crippen LogP contribution in [-0.4, -0.2) is 15.4 Å². The summed E-state index contributed by atoms with van der Waals surface area (Å²) in [6, 6.07) is 8.44. The third kappa shape index (κ3) is 2.38. The maximum atomic E-state index is 5.35. The molecule has 0 saturated heterocycles. The largest absolute Gasteiger partial charge is 0.494 e. The van der Waals surface area contributed by atoms with Crippen molar-refractivity contribution in [2.24, 2.45) is 0 Å². The molecule has 0 unspecified atom stereocenters. The van der Waals surface area contributed by atoms with Gasteiger partial charge in [-0.25, -0.2) is 0 Å². The molecule has 0 spiro atoms. The Hall–Kier alpha value is -0.763. The molecule has 1 rings (SSSR count). The highest BCUT2D eigenvalue weighted by Gasteiger charge is 1.89. The van der Waals surface area contributed by atoms with Gasteiger partial charge in [0.1, 0.15) is 5.75 Å². The zero-order valence-electron chi connectivity index (χ0n) is 7.92. The fraction of sp³-hybridized carbons (Fsp3) is 0.400. The molecular formula is C10H15OSi-. The first kappa shape index (κ1) is 9.33. The van der Waals surface area contributed by atoms with Crippen molar-refractivity contribution in [3.8, 4) is 5.75 Å². The molecular weight excluding hydrogens is 164 g/mol. The number of rotatable bonds is 3. The van der Waals surface area contributed by atoms with Crippen LogP contribution in [0.3, 0.4) is 0 Å². The van der Waals surface area contributed by atoms with Gasteiger partial charge >= 0.3 is 0 Å². The molecule has 1 nitrogen and oxygen atoms in total. The molecule has 0 aromatic heterocycles. The Kier molecular flexibility index (Phi) is 3.35. The first-order valence-electron chi connectivity index (χ1n) is 4.27. The standard InChI is InChI=1S/C10H15OSi/c1-4-11-9-5-7-10(8-6-9)12(2)3/h5-8H,4H2,1-3H3/q-1. The average Bonchev–Trinajstić information content (AvgIpc) is 2.06. The zero-order valence-corrected chi connectivity index (χ0v) is 8.92. The van der Waals surface area contributed by atoms with Gasteiger partial charge in [0.05, 0.1) is 6.61 Å². The molecule has 0 bridgehead atoms. The van der Waals surface area contributed by atoms with Crippen molar-refractivity contribution in [3.05, 3.63) is 24.3 Å². The molecule has 0 aliphatic rings. The van der Waals surface area contributed by atoms with Gasteiger partial charge in [-0.05, 0) is 19.1 Å². The van der Waals surface area contributed by atoms with E-state index in [1.165, 1.54) is 5.19 Å². The molecule has 0 aliphatic carbocycles. The van der Waals surface area contributed by atoms with E-state index in [0.717, 1.165) is 12.4 Å². The first-order valence-corrected chi connectivity index (χ1v) is 6.77. The lowest BCUT2D eigenvalue weighted by Crippen LogP contribution is -2.21. The normalized spacial score (nSPS) is 9.58. The van der Waals surface area contributed by atoms with Gasteiger partial charge in [-0.2, -0.15) is 18.3 Å². The van der Waals surface area contributed by atoms with E-state index in [1.54, 1.807) is 0 Å². The lowest BCUT2D eigenvalue weighted by atomic mass is 10.3. The maximum Gasteiger partial charge on any atom is 0.119 e. The summed E-state index contributed by atoms with van der Waals surface area (Å²) in [6.45, 7) is 7.33. The van der Waals surface area contributed by atoms with Crippen molar-refractivity contribution in [2.45, 2.75) is 20.0 Å². The Balaban J connectivity index is 2.71. The molecule has 0 saturated carbocycles. The van der Waals surface area contributed by atoms with E-state index in [0.29, 0.717) is 0 Å². The summed E-state index contributed by atoms with van der Waals surface area (Å²) in [5.41, 5.74) is 0. The minimum Gasteiger partial charge on any atom is -0.494 e. The van der Waals surface area contributed by atoms with Gasteiger partial charge in [0, 0.05) is 0 Å². The first-order chi connectivity index (χ1) is 5.74. The van der Waals surface area contributed by atoms with Crippen LogP contribution in [-0.2, 0) is 0 Å². The van der Waals surface area contributed by atoms with Crippen LogP contribution in [0.2, 0.25) is 13.1 Å². The summed E-state index contributed by atoms with van der Waals surface area (Å²) < 4.78 is 5.35. The van der Waals surface area contributed by atoms with Gasteiger partial charge < -0.3 is 4.74 Å². The maximum absolute atomic E-state index is 5.35. The highest BCUT2D eigenvalue weighted by molar-refractivity contribution is 6.70. The van der Waals surface area contributed by atoms with Crippen LogP contribution in [0.4, 0.5) is 0 Å². The molecule has 0 amide bonds. The van der Waals surface area contributed by atoms with Crippen molar-refractivity contribution in [3.63, 3.8) is 0 Å². The third-order valence-corrected chi connectivity index (χ3v) is 3.23. The Morgan fingerprint density at radius 3 is 2.17 bits per heavy atom. The molecule has 1 aromatic carbocycles. The molecule has 0 fully saturated rings. The second-order valence-corrected chi connectivity index (χ2v) is 5.53. The predicted molar refractivity (Wildman–Crippen MR) is 54.7 cm³/mol. The van der Waals surface area contributed by atoms with Crippen LogP contribution in [0.25, 0.3) is 0 Å². The van der Waals surface area contributed by atoms with E-state index in [4.69, 9.17) is 4.74 Å². The lowest BCUT2D eigenvalue weighted by molar-refractivity contribution is 0.340. The Bertz CT molecular complexity index is 228. The van der Waals surface area contributed by atoms with Crippen molar-refractivity contribution in [1.82, 2.24) is 0 Å². The molecule has 12 heavy (non-hydrogen) atoms. The van der Waals surface area contributed by atoms with Crippen LogP contribution in [0.15, 0.2) is 24.3 Å². The fourth-order valence-electron chi connectivity index (χ4n) is 1.05. The highest BCUT2D eigenvalue weighted by atomic mass is 28.3. The van der Waals surface area contributed by atoms with Crippen LogP contribution in [0.1, 0.15) is 6.92 Å². The van der Waals surface area contributed by atoms with E-state index in [-0.39, 0.29) is 8.80 Å². The van der Waals surface area contributed by atoms with Crippen LogP contribution >= 0.6 is 0 Å². The molecule has 0 atom stereocenters. The summed E-state index contributed by atoms with van der Waals surface area (Å²) >= 11 is 0. The Morgan fingerprint density at radius 1 is 1.17 bits per heavy atom. The van der Waals surface area contributed by atoms with Gasteiger partial charge in [-0.15, -0.1) is 0 Å². The highest BCUT2D eigenvalue weighted by Crippen LogP contribution is 2.07. The van der Waals surface area contributed by atoms with Crippen molar-refractivity contribution >= 4 is 14.0 Å². The van der Waals surface area contributed by atoms with E-state index in [2.05, 4.69) is 37.4 Å². The second-order valence-electron chi connectivity index (χ2n) is 2.96. The third-order valence-electron chi connectivity index (χ3n) is 1.74. The van der Waals surface area contributed by atoms with Crippen molar-refractivity contribution in [2.75, 3.05) is 6.61 Å². The number of hydrogen-bond donors (Lipinski definition) is 0. The average molecular weight is 179 g/mol. The topological polar surface area (TPSA) is 9.23 Å². The van der Waals surface area contributed by atoms with E-state index >= 15 is 0 Å². The zero-order chi connectivity index (χ0) is 8.97. The summed E-state index contributed by atoms with van der Waals surface area (Å²) in [5.74, 6) is 0.976. The fourth-order valence-corrected chi connectivity index (χ4v) is 1.88. The quantitative estimate of drug-likeness (QED) is 0.645. The van der Waals surface area contributed by atoms with E-state index < -0.39 is 0 Å². The van der Waals surface area contributed by atoms with Gasteiger partial charge in [-0.1, -0.05) is 12.1 Å². The van der Waals surface area contributed by atoms with Crippen LogP contribution < -0.4 is 9.92 Å². The Labute approximate surface area is 76.0 Å². The summed E-state index contributed by atoms with van der Waals surface area (Å²) in [4.78, 5) is 0. The summed E-state index contributed by atoms with van der Waals surface area (Å²) in [6.07, 6.45) is 0. The van der Waals surface area contributed by atoms with Crippen LogP contribution in [0.5, 0.6) is 5.75 Å². The molecule has 0 N–H and O–H groups in total. The van der Waals surface area contributed by atoms with Crippen LogP contribution in [0, 0.1) is 0 Å². The molecule has 66 valence electrons. The number of ether oxygens (including phenoxy) is 1. The molecule has 0 radical (unpaired) electrons. The molecule has 0 aliphatic heterocycles. The summed E-state index contributed by atoms with van der Waals surface area (Å²) in [5, 5.41) is 1.46. The van der Waals surface area contributed by atoms with Crippen molar-refractivity contribution < 1.29 is 4.74 Å². The number of benzene rings is 1. The summed E-state index contributed by atoms with van der Waals surface area (Å²) in [7, 11) is -0.299. The molecule has 1 aromatic rings. The minimum absolute atomic E-state index is 0.299. The monoisotopic (exact) mass is 179 g/mol. The van der Waals surface area contributed by atoms with Gasteiger partial charge in [-0.3, -0.25) is 8.80 Å². The van der Waals surface area contributed by atoms with Gasteiger partial charge in [0.2, 0.25) is 0 Å². The molecule has 2 heteroatoms. The van der Waals surface area contributed by atoms with Crippen molar-refractivity contribution in [1.29, 1.82) is 0 Å². The Morgan fingerprint density at radius 2 is 1.75 bits per heavy atom. The predicted octanol–water partition coefficient (Wildman–Crippen LogP) is 2.05. The second kappa shape index (κ2) is 4.31.